The highest BCUT2D eigenvalue weighted by Crippen LogP contribution is 2.30. The van der Waals surface area contributed by atoms with Crippen LogP contribution in [-0.4, -0.2) is 11.9 Å². The molecule has 5 aromatic rings. The van der Waals surface area contributed by atoms with Crippen LogP contribution in [0.15, 0.2) is 109 Å². The van der Waals surface area contributed by atoms with Crippen molar-refractivity contribution in [2.45, 2.75) is 111 Å². The van der Waals surface area contributed by atoms with E-state index in [-0.39, 0.29) is 5.78 Å². The van der Waals surface area contributed by atoms with Gasteiger partial charge in [-0.25, -0.2) is 0 Å². The van der Waals surface area contributed by atoms with E-state index < -0.39 is 6.15 Å². The van der Waals surface area contributed by atoms with Crippen molar-refractivity contribution in [2.75, 3.05) is 0 Å². The predicted octanol–water partition coefficient (Wildman–Crippen LogP) is 10.6. The summed E-state index contributed by atoms with van der Waals surface area (Å²) in [6.45, 7) is 9.24. The van der Waals surface area contributed by atoms with Gasteiger partial charge in [0, 0.05) is 12.0 Å². The molecule has 2 heteroatoms. The molecule has 0 saturated heterocycles. The monoisotopic (exact) mass is 635 g/mol. The van der Waals surface area contributed by atoms with E-state index in [1.165, 1.54) is 51.5 Å². The van der Waals surface area contributed by atoms with E-state index in [1.54, 1.807) is 0 Å². The van der Waals surface area contributed by atoms with Crippen LogP contribution >= 0.6 is 0 Å². The number of rotatable bonds is 18. The molecule has 0 aliphatic heterocycles. The third-order valence-corrected chi connectivity index (χ3v) is 10.8. The molecule has 5 rings (SSSR count). The molecular formula is C46H56BO-. The Labute approximate surface area is 291 Å². The minimum Gasteiger partial charge on any atom is -0.294 e. The molecular weight excluding hydrogens is 579 g/mol. The number of hydrogen-bond donors (Lipinski definition) is 0. The smallest absolute Gasteiger partial charge is 0.167 e. The van der Waals surface area contributed by atoms with Gasteiger partial charge in [0.1, 0.15) is 0 Å². The summed E-state index contributed by atoms with van der Waals surface area (Å²) in [5.74, 6) is 0.231. The van der Waals surface area contributed by atoms with Crippen molar-refractivity contribution in [1.82, 2.24) is 0 Å². The van der Waals surface area contributed by atoms with Gasteiger partial charge in [-0.3, -0.25) is 4.79 Å². The third-order valence-electron chi connectivity index (χ3n) is 10.8. The quantitative estimate of drug-likeness (QED) is 0.0692. The lowest BCUT2D eigenvalue weighted by atomic mass is 9.13. The second-order valence-electron chi connectivity index (χ2n) is 14.0. The lowest BCUT2D eigenvalue weighted by Crippen LogP contribution is -2.69. The highest BCUT2D eigenvalue weighted by molar-refractivity contribution is 7.12. The number of fused-ring (bicyclic) bond motifs is 1. The van der Waals surface area contributed by atoms with Gasteiger partial charge >= 0.3 is 0 Å². The normalized spacial score (nSPS) is 11.7. The fourth-order valence-corrected chi connectivity index (χ4v) is 8.35. The zero-order valence-corrected chi connectivity index (χ0v) is 30.1. The molecule has 5 aromatic carbocycles. The van der Waals surface area contributed by atoms with Gasteiger partial charge in [-0.2, -0.15) is 22.7 Å². The van der Waals surface area contributed by atoms with Crippen LogP contribution < -0.4 is 16.4 Å². The Morgan fingerprint density at radius 1 is 0.542 bits per heavy atom. The van der Waals surface area contributed by atoms with Crippen molar-refractivity contribution in [1.29, 1.82) is 0 Å². The molecule has 0 saturated carbocycles. The zero-order valence-electron chi connectivity index (χ0n) is 30.1. The van der Waals surface area contributed by atoms with E-state index in [9.17, 15) is 4.79 Å². The molecule has 0 radical (unpaired) electrons. The maximum atomic E-state index is 14.8. The SMILES string of the molecule is CCCCc1cc(CCCC)c(CC(=O)c2cccc3ccccc23)c([B-](CCCC)(c2ccccc2)c2ccccc2)c1CCCC. The molecule has 0 atom stereocenters. The first-order valence-corrected chi connectivity index (χ1v) is 19.0. The average Bonchev–Trinajstić information content (AvgIpc) is 3.14. The van der Waals surface area contributed by atoms with E-state index in [0.717, 1.165) is 80.4 Å². The lowest BCUT2D eigenvalue weighted by Gasteiger charge is -2.47. The topological polar surface area (TPSA) is 17.1 Å². The number of ketones is 1. The Bertz CT molecular complexity index is 1710. The number of aryl methyl sites for hydroxylation is 2. The molecule has 0 bridgehead atoms. The molecule has 0 unspecified atom stereocenters. The lowest BCUT2D eigenvalue weighted by molar-refractivity contribution is 0.0994. The van der Waals surface area contributed by atoms with Crippen molar-refractivity contribution >= 4 is 39.1 Å². The largest absolute Gasteiger partial charge is 0.294 e. The zero-order chi connectivity index (χ0) is 33.8. The minimum atomic E-state index is -1.37. The Hall–Kier alpha value is -3.91. The first-order chi connectivity index (χ1) is 23.6. The van der Waals surface area contributed by atoms with Crippen LogP contribution in [0.1, 0.15) is 112 Å². The van der Waals surface area contributed by atoms with Gasteiger partial charge in [0.25, 0.3) is 0 Å². The Morgan fingerprint density at radius 3 is 1.67 bits per heavy atom. The van der Waals surface area contributed by atoms with E-state index in [1.807, 2.05) is 6.07 Å². The fourth-order valence-electron chi connectivity index (χ4n) is 8.35. The number of Topliss-reactive ketones (excluding diaryl/α,β-unsaturated/α-hetero) is 1. The van der Waals surface area contributed by atoms with E-state index in [0.29, 0.717) is 6.42 Å². The van der Waals surface area contributed by atoms with E-state index in [2.05, 4.69) is 131 Å². The van der Waals surface area contributed by atoms with Gasteiger partial charge in [0.2, 0.25) is 0 Å². The van der Waals surface area contributed by atoms with Crippen LogP contribution in [0.3, 0.4) is 0 Å². The van der Waals surface area contributed by atoms with Gasteiger partial charge < -0.3 is 0 Å². The summed E-state index contributed by atoms with van der Waals surface area (Å²) in [4.78, 5) is 14.8. The molecule has 0 fully saturated rings. The number of hydrogen-bond acceptors (Lipinski definition) is 1. The number of carbonyl (C=O) groups excluding carboxylic acids is 1. The molecule has 1 nitrogen and oxygen atoms in total. The van der Waals surface area contributed by atoms with E-state index >= 15 is 0 Å². The van der Waals surface area contributed by atoms with Gasteiger partial charge in [-0.1, -0.05) is 180 Å². The van der Waals surface area contributed by atoms with E-state index in [4.69, 9.17) is 0 Å². The summed E-state index contributed by atoms with van der Waals surface area (Å²) in [5.41, 5.74) is 10.9. The summed E-state index contributed by atoms with van der Waals surface area (Å²) in [7, 11) is 0. The first-order valence-electron chi connectivity index (χ1n) is 19.0. The van der Waals surface area contributed by atoms with Gasteiger partial charge in [-0.05, 0) is 60.4 Å². The molecule has 0 spiro atoms. The third kappa shape index (κ3) is 7.70. The van der Waals surface area contributed by atoms with Crippen LogP contribution in [0.25, 0.3) is 10.8 Å². The van der Waals surface area contributed by atoms with Crippen molar-refractivity contribution in [2.24, 2.45) is 0 Å². The van der Waals surface area contributed by atoms with Crippen LogP contribution in [0.5, 0.6) is 0 Å². The second-order valence-corrected chi connectivity index (χ2v) is 14.0. The van der Waals surface area contributed by atoms with Crippen molar-refractivity contribution < 1.29 is 4.79 Å². The predicted molar refractivity (Wildman–Crippen MR) is 212 cm³/mol. The summed E-state index contributed by atoms with van der Waals surface area (Å²) in [6, 6.07) is 39.9. The average molecular weight is 636 g/mol. The van der Waals surface area contributed by atoms with Gasteiger partial charge in [0.15, 0.2) is 5.78 Å². The summed E-state index contributed by atoms with van der Waals surface area (Å²) >= 11 is 0. The summed E-state index contributed by atoms with van der Waals surface area (Å²) < 4.78 is 0. The summed E-state index contributed by atoms with van der Waals surface area (Å²) in [6.07, 6.45) is 12.5. The number of unbranched alkanes of at least 4 members (excludes halogenated alkanes) is 4. The maximum absolute atomic E-state index is 14.8. The highest BCUT2D eigenvalue weighted by atomic mass is 16.1. The first kappa shape index (κ1) is 35.4. The van der Waals surface area contributed by atoms with Gasteiger partial charge in [0.05, 0.1) is 6.15 Å². The molecule has 48 heavy (non-hydrogen) atoms. The van der Waals surface area contributed by atoms with Crippen molar-refractivity contribution in [3.8, 4) is 0 Å². The minimum absolute atomic E-state index is 0.231. The molecule has 0 aliphatic rings. The second kappa shape index (κ2) is 17.5. The van der Waals surface area contributed by atoms with Crippen molar-refractivity contribution in [3.63, 3.8) is 0 Å². The van der Waals surface area contributed by atoms with Crippen molar-refractivity contribution in [3.05, 3.63) is 137 Å². The van der Waals surface area contributed by atoms with Crippen LogP contribution in [0, 0.1) is 0 Å². The van der Waals surface area contributed by atoms with Crippen LogP contribution in [-0.2, 0) is 25.7 Å². The maximum Gasteiger partial charge on any atom is 0.167 e. The number of benzene rings is 5. The standard InChI is InChI=1S/C46H56BO/c1-5-9-22-37-34-38(23-10-6-2)44(35-45(48)43-32-21-25-36-24-19-20-31-41(36)43)46(42(37)30-11-7-3)47(33-12-8-4,39-26-15-13-16-27-39)40-28-17-14-18-29-40/h13-21,24-29,31-32,34H,5-12,22-23,30,33,35H2,1-4H3/q-1. The molecule has 0 aliphatic carbocycles. The van der Waals surface area contributed by atoms with Crippen LogP contribution in [0.2, 0.25) is 6.32 Å². The molecule has 0 amide bonds. The molecule has 0 heterocycles. The molecule has 0 N–H and O–H groups in total. The summed E-state index contributed by atoms with van der Waals surface area (Å²) in [5, 5.41) is 2.18. The Kier molecular flexibility index (Phi) is 12.9. The molecule has 250 valence electrons. The van der Waals surface area contributed by atoms with Crippen LogP contribution in [0.4, 0.5) is 0 Å². The fraction of sp³-hybridized carbons (Fsp3) is 0.370. The Balaban J connectivity index is 1.91. The van der Waals surface area contributed by atoms with Gasteiger partial charge in [-0.15, -0.1) is 0 Å². The highest BCUT2D eigenvalue weighted by Gasteiger charge is 2.35. The Morgan fingerprint density at radius 2 is 1.06 bits per heavy atom. The number of carbonyl (C=O) groups is 1. The molecule has 0 aromatic heterocycles.